The molecule has 2 heterocycles. The van der Waals surface area contributed by atoms with E-state index in [1.807, 2.05) is 0 Å². The van der Waals surface area contributed by atoms with Crippen LogP contribution in [0.5, 0.6) is 0 Å². The molecule has 0 atom stereocenters. The summed E-state index contributed by atoms with van der Waals surface area (Å²) in [5.41, 5.74) is 2.57. The molecule has 0 saturated carbocycles. The molecule has 0 unspecified atom stereocenters. The van der Waals surface area contributed by atoms with Crippen LogP contribution in [0.4, 0.5) is 5.69 Å². The highest BCUT2D eigenvalue weighted by molar-refractivity contribution is 6.14. The lowest BCUT2D eigenvalue weighted by Crippen LogP contribution is -2.25. The Labute approximate surface area is 149 Å². The molecule has 3 aromatic rings. The number of carbonyl (C=O) groups is 2. The Morgan fingerprint density at radius 1 is 1.19 bits per heavy atom. The lowest BCUT2D eigenvalue weighted by molar-refractivity contribution is 0.0959. The average molecular weight is 348 g/mol. The minimum atomic E-state index is -0.385. The second-order valence-electron chi connectivity index (χ2n) is 5.65. The van der Waals surface area contributed by atoms with Crippen LogP contribution in [0.15, 0.2) is 34.9 Å². The molecule has 7 heteroatoms. The van der Waals surface area contributed by atoms with E-state index in [1.54, 1.807) is 44.2 Å². The lowest BCUT2D eigenvalue weighted by Gasteiger charge is -2.11. The molecule has 0 spiro atoms. The van der Waals surface area contributed by atoms with E-state index in [9.17, 15) is 9.59 Å². The van der Waals surface area contributed by atoms with Gasteiger partial charge in [0.25, 0.3) is 17.5 Å². The number of hydrogen-bond acceptors (Lipinski definition) is 5. The summed E-state index contributed by atoms with van der Waals surface area (Å²) in [7, 11) is 0. The summed E-state index contributed by atoms with van der Waals surface area (Å²) in [6.45, 7) is 3.60. The van der Waals surface area contributed by atoms with E-state index in [0.29, 0.717) is 39.3 Å². The number of anilines is 1. The zero-order chi connectivity index (χ0) is 18.7. The van der Waals surface area contributed by atoms with Crippen LogP contribution in [0.3, 0.4) is 0 Å². The van der Waals surface area contributed by atoms with Crippen LogP contribution in [0.25, 0.3) is 11.1 Å². The maximum atomic E-state index is 12.8. The van der Waals surface area contributed by atoms with Crippen LogP contribution < -0.4 is 10.6 Å². The van der Waals surface area contributed by atoms with Crippen molar-refractivity contribution in [1.29, 1.82) is 0 Å². The highest BCUT2D eigenvalue weighted by atomic mass is 16.5. The first-order valence-corrected chi connectivity index (χ1v) is 7.87. The van der Waals surface area contributed by atoms with Gasteiger partial charge in [0.05, 0.1) is 34.4 Å². The zero-order valence-electron chi connectivity index (χ0n) is 14.3. The maximum absolute atomic E-state index is 12.8. The SMILES string of the molecule is C#CCNC(=O)c1ccccc1NC(=O)c1cc(C)nc2onc(C)c12. The summed E-state index contributed by atoms with van der Waals surface area (Å²) in [6, 6.07) is 8.35. The number of hydrogen-bond donors (Lipinski definition) is 2. The second-order valence-corrected chi connectivity index (χ2v) is 5.65. The zero-order valence-corrected chi connectivity index (χ0v) is 14.3. The Morgan fingerprint density at radius 3 is 2.73 bits per heavy atom. The third-order valence-corrected chi connectivity index (χ3v) is 3.76. The van der Waals surface area contributed by atoms with E-state index >= 15 is 0 Å². The standard InChI is InChI=1S/C19H16N4O3/c1-4-9-20-17(24)13-7-5-6-8-15(13)22-18(25)14-10-11(2)21-19-16(14)12(3)23-26-19/h1,5-8,10H,9H2,2-3H3,(H,20,24)(H,22,25). The van der Waals surface area contributed by atoms with Gasteiger partial charge in [-0.05, 0) is 32.0 Å². The number of benzene rings is 1. The van der Waals surface area contributed by atoms with Gasteiger partial charge in [0.2, 0.25) is 0 Å². The maximum Gasteiger partial charge on any atom is 0.258 e. The van der Waals surface area contributed by atoms with Crippen molar-refractivity contribution in [2.24, 2.45) is 0 Å². The fourth-order valence-electron chi connectivity index (χ4n) is 2.60. The fourth-order valence-corrected chi connectivity index (χ4v) is 2.60. The summed E-state index contributed by atoms with van der Waals surface area (Å²) < 4.78 is 5.15. The normalized spacial score (nSPS) is 10.3. The number of nitrogens with one attached hydrogen (secondary N) is 2. The van der Waals surface area contributed by atoms with Gasteiger partial charge in [0.15, 0.2) is 0 Å². The third-order valence-electron chi connectivity index (χ3n) is 3.76. The van der Waals surface area contributed by atoms with E-state index in [2.05, 4.69) is 26.7 Å². The van der Waals surface area contributed by atoms with Gasteiger partial charge in [-0.1, -0.05) is 23.2 Å². The van der Waals surface area contributed by atoms with Crippen LogP contribution in [0.2, 0.25) is 0 Å². The van der Waals surface area contributed by atoms with Gasteiger partial charge in [0.1, 0.15) is 0 Å². The van der Waals surface area contributed by atoms with Crippen molar-refractivity contribution in [3.63, 3.8) is 0 Å². The van der Waals surface area contributed by atoms with E-state index in [4.69, 9.17) is 10.9 Å². The molecular weight excluding hydrogens is 332 g/mol. The van der Waals surface area contributed by atoms with Crippen LogP contribution >= 0.6 is 0 Å². The number of fused-ring (bicyclic) bond motifs is 1. The average Bonchev–Trinajstić information content (AvgIpc) is 3.00. The van der Waals surface area contributed by atoms with Crippen molar-refractivity contribution < 1.29 is 14.1 Å². The van der Waals surface area contributed by atoms with Crippen LogP contribution in [0, 0.1) is 26.2 Å². The predicted molar refractivity (Wildman–Crippen MR) is 96.8 cm³/mol. The Hall–Kier alpha value is -3.66. The topological polar surface area (TPSA) is 97.1 Å². The van der Waals surface area contributed by atoms with Gasteiger partial charge in [-0.2, -0.15) is 0 Å². The van der Waals surface area contributed by atoms with Crippen molar-refractivity contribution in [3.8, 4) is 12.3 Å². The first kappa shape index (κ1) is 17.2. The summed E-state index contributed by atoms with van der Waals surface area (Å²) in [5, 5.41) is 9.77. The summed E-state index contributed by atoms with van der Waals surface area (Å²) in [5.74, 6) is 1.59. The Morgan fingerprint density at radius 2 is 1.96 bits per heavy atom. The molecule has 2 aromatic heterocycles. The van der Waals surface area contributed by atoms with E-state index < -0.39 is 0 Å². The predicted octanol–water partition coefficient (Wildman–Crippen LogP) is 2.45. The van der Waals surface area contributed by atoms with E-state index in [0.717, 1.165) is 0 Å². The smallest absolute Gasteiger partial charge is 0.258 e. The second kappa shape index (κ2) is 7.07. The number of carbonyl (C=O) groups excluding carboxylic acids is 2. The van der Waals surface area contributed by atoms with Gasteiger partial charge in [-0.3, -0.25) is 9.59 Å². The van der Waals surface area contributed by atoms with Crippen molar-refractivity contribution in [2.75, 3.05) is 11.9 Å². The Bertz CT molecular complexity index is 1050. The number of terminal acetylenes is 1. The lowest BCUT2D eigenvalue weighted by atomic mass is 10.1. The molecule has 0 aliphatic carbocycles. The summed E-state index contributed by atoms with van der Waals surface area (Å²) in [4.78, 5) is 29.3. The van der Waals surface area contributed by atoms with Crippen molar-refractivity contribution >= 4 is 28.6 Å². The molecular formula is C19H16N4O3. The number of pyridine rings is 1. The van der Waals surface area contributed by atoms with Crippen LogP contribution in [-0.2, 0) is 0 Å². The number of amides is 2. The van der Waals surface area contributed by atoms with Crippen molar-refractivity contribution in [2.45, 2.75) is 13.8 Å². The highest BCUT2D eigenvalue weighted by Gasteiger charge is 2.19. The van der Waals surface area contributed by atoms with Gasteiger partial charge in [0, 0.05) is 5.69 Å². The van der Waals surface area contributed by atoms with Gasteiger partial charge in [-0.25, -0.2) is 4.98 Å². The number of para-hydroxylation sites is 1. The molecule has 2 N–H and O–H groups in total. The number of aryl methyl sites for hydroxylation is 2. The van der Waals surface area contributed by atoms with Crippen LogP contribution in [0.1, 0.15) is 32.1 Å². The van der Waals surface area contributed by atoms with Crippen LogP contribution in [-0.4, -0.2) is 28.5 Å². The molecule has 3 rings (SSSR count). The molecule has 2 amide bonds. The highest BCUT2D eigenvalue weighted by Crippen LogP contribution is 2.24. The number of rotatable bonds is 4. The number of aromatic nitrogens is 2. The molecule has 0 aliphatic rings. The summed E-state index contributed by atoms with van der Waals surface area (Å²) in [6.07, 6.45) is 5.17. The molecule has 7 nitrogen and oxygen atoms in total. The third kappa shape index (κ3) is 3.26. The largest absolute Gasteiger partial charge is 0.341 e. The molecule has 1 aromatic carbocycles. The van der Waals surface area contributed by atoms with E-state index in [1.165, 1.54) is 0 Å². The minimum absolute atomic E-state index is 0.102. The number of nitrogens with zero attached hydrogens (tertiary/aromatic N) is 2. The van der Waals surface area contributed by atoms with E-state index in [-0.39, 0.29) is 18.4 Å². The molecule has 26 heavy (non-hydrogen) atoms. The summed E-state index contributed by atoms with van der Waals surface area (Å²) >= 11 is 0. The first-order valence-electron chi connectivity index (χ1n) is 7.87. The van der Waals surface area contributed by atoms with Gasteiger partial charge >= 0.3 is 0 Å². The molecule has 0 saturated heterocycles. The fraction of sp³-hybridized carbons (Fsp3) is 0.158. The monoisotopic (exact) mass is 348 g/mol. The van der Waals surface area contributed by atoms with Crippen molar-refractivity contribution in [3.05, 3.63) is 52.8 Å². The molecule has 0 bridgehead atoms. The Balaban J connectivity index is 1.96. The molecule has 0 fully saturated rings. The minimum Gasteiger partial charge on any atom is -0.341 e. The Kier molecular flexibility index (Phi) is 4.67. The quantitative estimate of drug-likeness (QED) is 0.706. The first-order chi connectivity index (χ1) is 12.5. The molecule has 0 aliphatic heterocycles. The van der Waals surface area contributed by atoms with Gasteiger partial charge < -0.3 is 15.2 Å². The van der Waals surface area contributed by atoms with Crippen molar-refractivity contribution in [1.82, 2.24) is 15.5 Å². The van der Waals surface area contributed by atoms with Gasteiger partial charge in [-0.15, -0.1) is 6.42 Å². The molecule has 0 radical (unpaired) electrons. The molecule has 130 valence electrons.